The molecule has 0 aromatic heterocycles. The lowest BCUT2D eigenvalue weighted by molar-refractivity contribution is 0.0206. The predicted octanol–water partition coefficient (Wildman–Crippen LogP) is 2.27. The molecule has 0 aliphatic heterocycles. The Morgan fingerprint density at radius 1 is 0.750 bits per heavy atom. The van der Waals surface area contributed by atoms with Crippen molar-refractivity contribution in [2.24, 2.45) is 0 Å². The Kier molecular flexibility index (Phi) is 5.18. The van der Waals surface area contributed by atoms with Crippen molar-refractivity contribution < 1.29 is 39.2 Å². The van der Waals surface area contributed by atoms with Crippen molar-refractivity contribution in [3.05, 3.63) is 34.4 Å². The Bertz CT molecular complexity index is 700. The van der Waals surface area contributed by atoms with E-state index in [1.165, 1.54) is 0 Å². The highest BCUT2D eigenvalue weighted by atomic mass is 16.5. The number of carboxylic acids is 3. The van der Waals surface area contributed by atoms with Crippen LogP contribution in [0.4, 0.5) is 0 Å². The number of ether oxygens (including phenoxy) is 1. The number of rotatable bonds is 5. The topological polar surface area (TPSA) is 138 Å². The third kappa shape index (κ3) is 3.70. The molecule has 1 aliphatic rings. The van der Waals surface area contributed by atoms with Crippen LogP contribution in [-0.2, 0) is 4.74 Å². The number of benzene rings is 1. The molecule has 0 radical (unpaired) electrons. The minimum absolute atomic E-state index is 0.347. The highest BCUT2D eigenvalue weighted by molar-refractivity contribution is 6.09. The van der Waals surface area contributed by atoms with Crippen molar-refractivity contribution in [1.82, 2.24) is 0 Å². The summed E-state index contributed by atoms with van der Waals surface area (Å²) in [6.45, 7) is 0. The molecule has 1 fully saturated rings. The number of carboxylic acid groups (broad SMARTS) is 3. The molecule has 0 saturated heterocycles. The molecule has 8 heteroatoms. The summed E-state index contributed by atoms with van der Waals surface area (Å²) in [5, 5.41) is 27.4. The highest BCUT2D eigenvalue weighted by Crippen LogP contribution is 2.24. The summed E-state index contributed by atoms with van der Waals surface area (Å²) >= 11 is 0. The van der Waals surface area contributed by atoms with Gasteiger partial charge >= 0.3 is 23.9 Å². The maximum absolute atomic E-state index is 12.3. The van der Waals surface area contributed by atoms with E-state index in [4.69, 9.17) is 14.9 Å². The van der Waals surface area contributed by atoms with Crippen molar-refractivity contribution >= 4 is 23.9 Å². The van der Waals surface area contributed by atoms with E-state index < -0.39 is 46.1 Å². The van der Waals surface area contributed by atoms with Crippen LogP contribution in [0.25, 0.3) is 0 Å². The first-order valence-electron chi connectivity index (χ1n) is 7.40. The van der Waals surface area contributed by atoms with Gasteiger partial charge in [-0.15, -0.1) is 0 Å². The quantitative estimate of drug-likeness (QED) is 0.696. The summed E-state index contributed by atoms with van der Waals surface area (Å²) in [7, 11) is 0. The van der Waals surface area contributed by atoms with E-state index in [-0.39, 0.29) is 6.10 Å². The van der Waals surface area contributed by atoms with Crippen LogP contribution in [0.2, 0.25) is 0 Å². The van der Waals surface area contributed by atoms with Gasteiger partial charge in [-0.2, -0.15) is 0 Å². The molecule has 2 rings (SSSR count). The monoisotopic (exact) mass is 336 g/mol. The standard InChI is InChI=1S/C16H16O8/c17-13(18)9-6-11(15(21)22)12(7-10(9)14(19)20)16(23)24-8-4-2-1-3-5-8/h6-8H,1-5H2,(H,17,18)(H,19,20)(H,21,22). The Morgan fingerprint density at radius 2 is 1.17 bits per heavy atom. The molecule has 0 atom stereocenters. The van der Waals surface area contributed by atoms with Gasteiger partial charge in [0.15, 0.2) is 0 Å². The smallest absolute Gasteiger partial charge is 0.339 e. The lowest BCUT2D eigenvalue weighted by Crippen LogP contribution is -2.23. The second-order valence-corrected chi connectivity index (χ2v) is 5.52. The van der Waals surface area contributed by atoms with Crippen molar-refractivity contribution in [3.63, 3.8) is 0 Å². The van der Waals surface area contributed by atoms with E-state index >= 15 is 0 Å². The number of hydrogen-bond donors (Lipinski definition) is 3. The maximum Gasteiger partial charge on any atom is 0.339 e. The number of hydrogen-bond acceptors (Lipinski definition) is 5. The van der Waals surface area contributed by atoms with Gasteiger partial charge in [-0.1, -0.05) is 6.42 Å². The fraction of sp³-hybridized carbons (Fsp3) is 0.375. The molecule has 24 heavy (non-hydrogen) atoms. The van der Waals surface area contributed by atoms with Crippen LogP contribution < -0.4 is 0 Å². The first-order chi connectivity index (χ1) is 11.3. The van der Waals surface area contributed by atoms with Gasteiger partial charge in [-0.3, -0.25) is 0 Å². The van der Waals surface area contributed by atoms with Gasteiger partial charge in [0, 0.05) is 0 Å². The summed E-state index contributed by atoms with van der Waals surface area (Å²) in [5.41, 5.74) is -2.43. The lowest BCUT2D eigenvalue weighted by atomic mass is 9.96. The highest BCUT2D eigenvalue weighted by Gasteiger charge is 2.27. The summed E-state index contributed by atoms with van der Waals surface area (Å²) in [4.78, 5) is 45.9. The Balaban J connectivity index is 2.44. The Morgan fingerprint density at radius 3 is 1.62 bits per heavy atom. The van der Waals surface area contributed by atoms with E-state index in [0.29, 0.717) is 18.9 Å². The summed E-state index contributed by atoms with van der Waals surface area (Å²) in [6.07, 6.45) is 3.79. The van der Waals surface area contributed by atoms with E-state index in [1.807, 2.05) is 0 Å². The van der Waals surface area contributed by atoms with Crippen LogP contribution in [0, 0.1) is 0 Å². The zero-order chi connectivity index (χ0) is 17.9. The second kappa shape index (κ2) is 7.12. The van der Waals surface area contributed by atoms with Crippen LogP contribution in [0.1, 0.15) is 73.5 Å². The molecule has 128 valence electrons. The lowest BCUT2D eigenvalue weighted by Gasteiger charge is -2.22. The van der Waals surface area contributed by atoms with Gasteiger partial charge in [0.25, 0.3) is 0 Å². The van der Waals surface area contributed by atoms with Crippen molar-refractivity contribution in [1.29, 1.82) is 0 Å². The van der Waals surface area contributed by atoms with Crippen molar-refractivity contribution in [2.45, 2.75) is 38.2 Å². The third-order valence-electron chi connectivity index (χ3n) is 3.89. The number of aromatic carboxylic acids is 3. The summed E-state index contributed by atoms with van der Waals surface area (Å²) < 4.78 is 5.26. The SMILES string of the molecule is O=C(O)c1cc(C(=O)O)c(C(=O)OC2CCCCC2)cc1C(=O)O. The zero-order valence-electron chi connectivity index (χ0n) is 12.7. The molecule has 0 unspecified atom stereocenters. The maximum atomic E-state index is 12.3. The number of esters is 1. The Hall–Kier alpha value is -2.90. The van der Waals surface area contributed by atoms with Crippen LogP contribution in [0.3, 0.4) is 0 Å². The number of carbonyl (C=O) groups excluding carboxylic acids is 1. The normalized spacial score (nSPS) is 14.8. The molecular weight excluding hydrogens is 320 g/mol. The van der Waals surface area contributed by atoms with E-state index in [1.54, 1.807) is 0 Å². The average molecular weight is 336 g/mol. The van der Waals surface area contributed by atoms with Crippen LogP contribution in [-0.4, -0.2) is 45.3 Å². The molecule has 0 spiro atoms. The first kappa shape index (κ1) is 17.5. The van der Waals surface area contributed by atoms with Crippen molar-refractivity contribution in [3.8, 4) is 0 Å². The van der Waals surface area contributed by atoms with Crippen LogP contribution in [0.5, 0.6) is 0 Å². The van der Waals surface area contributed by atoms with E-state index in [9.17, 15) is 24.3 Å². The number of carbonyl (C=O) groups is 4. The minimum atomic E-state index is -1.60. The first-order valence-corrected chi connectivity index (χ1v) is 7.40. The fourth-order valence-corrected chi connectivity index (χ4v) is 2.70. The zero-order valence-corrected chi connectivity index (χ0v) is 12.7. The Labute approximate surface area is 136 Å². The van der Waals surface area contributed by atoms with Crippen molar-refractivity contribution in [2.75, 3.05) is 0 Å². The molecule has 0 bridgehead atoms. The predicted molar refractivity (Wildman–Crippen MR) is 79.6 cm³/mol. The molecule has 0 amide bonds. The summed E-state index contributed by atoms with van der Waals surface area (Å²) in [6, 6.07) is 1.42. The van der Waals surface area contributed by atoms with E-state index in [2.05, 4.69) is 0 Å². The van der Waals surface area contributed by atoms with Crippen LogP contribution in [0.15, 0.2) is 12.1 Å². The molecule has 1 aromatic carbocycles. The van der Waals surface area contributed by atoms with Gasteiger partial charge < -0.3 is 20.1 Å². The van der Waals surface area contributed by atoms with Gasteiger partial charge in [0.2, 0.25) is 0 Å². The molecule has 3 N–H and O–H groups in total. The van der Waals surface area contributed by atoms with Gasteiger partial charge in [-0.05, 0) is 37.8 Å². The molecule has 1 aromatic rings. The van der Waals surface area contributed by atoms with Crippen LogP contribution >= 0.6 is 0 Å². The second-order valence-electron chi connectivity index (χ2n) is 5.52. The van der Waals surface area contributed by atoms with Gasteiger partial charge in [-0.25, -0.2) is 19.2 Å². The molecule has 1 aliphatic carbocycles. The molecule has 8 nitrogen and oxygen atoms in total. The van der Waals surface area contributed by atoms with E-state index in [0.717, 1.165) is 25.3 Å². The molecule has 1 saturated carbocycles. The average Bonchev–Trinajstić information content (AvgIpc) is 2.54. The third-order valence-corrected chi connectivity index (χ3v) is 3.89. The molecular formula is C16H16O8. The minimum Gasteiger partial charge on any atom is -0.478 e. The summed E-state index contributed by atoms with van der Waals surface area (Å²) in [5.74, 6) is -5.66. The fourth-order valence-electron chi connectivity index (χ4n) is 2.70. The van der Waals surface area contributed by atoms with Gasteiger partial charge in [0.05, 0.1) is 22.3 Å². The molecule has 0 heterocycles. The van der Waals surface area contributed by atoms with Gasteiger partial charge in [0.1, 0.15) is 6.10 Å². The largest absolute Gasteiger partial charge is 0.478 e.